The Kier molecular flexibility index (Phi) is 5.86. The second-order valence-corrected chi connectivity index (χ2v) is 9.40. The Hall–Kier alpha value is -3.61. The highest BCUT2D eigenvalue weighted by Gasteiger charge is 2.46. The number of hydrogen-bond acceptors (Lipinski definition) is 4. The Labute approximate surface area is 198 Å². The number of hydrogen-bond donors (Lipinski definition) is 3. The van der Waals surface area contributed by atoms with Crippen molar-refractivity contribution in [3.05, 3.63) is 71.8 Å². The average molecular weight is 461 g/mol. The Morgan fingerprint density at radius 1 is 1.00 bits per heavy atom. The Bertz CT molecular complexity index is 1110. The van der Waals surface area contributed by atoms with Gasteiger partial charge >= 0.3 is 12.1 Å². The molecule has 1 saturated carbocycles. The summed E-state index contributed by atoms with van der Waals surface area (Å²) in [7, 11) is 0. The molecule has 2 atom stereocenters. The molecule has 3 aliphatic carbocycles. The molecule has 3 aliphatic rings. The van der Waals surface area contributed by atoms with Crippen LogP contribution in [0.4, 0.5) is 4.79 Å². The second kappa shape index (κ2) is 8.97. The maximum atomic E-state index is 13.1. The number of carboxylic acids is 1. The molecular weight excluding hydrogens is 432 g/mol. The van der Waals surface area contributed by atoms with Gasteiger partial charge in [-0.3, -0.25) is 9.59 Å². The number of amides is 2. The number of carboxylic acid groups (broad SMARTS) is 1. The Balaban J connectivity index is 1.22. The molecule has 1 fully saturated rings. The summed E-state index contributed by atoms with van der Waals surface area (Å²) in [6, 6.07) is 15.9. The topological polar surface area (TPSA) is 105 Å². The third kappa shape index (κ3) is 4.06. The number of allylic oxidation sites excluding steroid dienone is 1. The van der Waals surface area contributed by atoms with E-state index in [2.05, 4.69) is 34.9 Å². The molecule has 0 unspecified atom stereocenters. The lowest BCUT2D eigenvalue weighted by Crippen LogP contribution is -2.64. The molecule has 3 N–H and O–H groups in total. The van der Waals surface area contributed by atoms with Crippen LogP contribution in [0.2, 0.25) is 0 Å². The molecule has 34 heavy (non-hydrogen) atoms. The summed E-state index contributed by atoms with van der Waals surface area (Å²) < 4.78 is 5.64. The average Bonchev–Trinajstić information content (AvgIpc) is 3.14. The van der Waals surface area contributed by atoms with Crippen LogP contribution in [0.5, 0.6) is 0 Å². The molecule has 2 aromatic carbocycles. The molecule has 0 spiro atoms. The number of ether oxygens (including phenoxy) is 1. The lowest BCUT2D eigenvalue weighted by molar-refractivity contribution is -0.142. The lowest BCUT2D eigenvalue weighted by Gasteiger charge is -2.41. The minimum Gasteiger partial charge on any atom is -0.481 e. The van der Waals surface area contributed by atoms with Crippen molar-refractivity contribution in [3.8, 4) is 11.1 Å². The van der Waals surface area contributed by atoms with E-state index >= 15 is 0 Å². The van der Waals surface area contributed by atoms with Gasteiger partial charge in [0.05, 0.1) is 5.92 Å². The molecule has 0 saturated heterocycles. The van der Waals surface area contributed by atoms with Crippen LogP contribution in [0, 0.1) is 5.92 Å². The highest BCUT2D eigenvalue weighted by atomic mass is 16.5. The van der Waals surface area contributed by atoms with E-state index in [4.69, 9.17) is 4.74 Å². The standard InChI is InChI=1S/C27H28N2O5/c30-24(31)17-7-5-8-18(15-17)28-25(32)27(13-6-14-27)29-26(33)34-16-23-21-11-3-1-9-19(21)20-10-2-4-12-22(20)23/h1-5,8-12,17-18,23H,6-7,13-16H2,(H,28,32)(H,29,33)(H,30,31)/t17-,18-/m1/s1. The van der Waals surface area contributed by atoms with Crippen LogP contribution in [-0.2, 0) is 14.3 Å². The van der Waals surface area contributed by atoms with Crippen LogP contribution in [0.1, 0.15) is 49.1 Å². The number of carbonyl (C=O) groups excluding carboxylic acids is 2. The highest BCUT2D eigenvalue weighted by molar-refractivity contribution is 5.91. The van der Waals surface area contributed by atoms with E-state index in [1.807, 2.05) is 30.3 Å². The van der Waals surface area contributed by atoms with Crippen LogP contribution in [-0.4, -0.2) is 41.3 Å². The number of fused-ring (bicyclic) bond motifs is 3. The summed E-state index contributed by atoms with van der Waals surface area (Å²) in [6.07, 6.45) is 5.71. The summed E-state index contributed by atoms with van der Waals surface area (Å²) in [5, 5.41) is 15.0. The number of aliphatic carboxylic acids is 1. The van der Waals surface area contributed by atoms with Crippen molar-refractivity contribution in [3.63, 3.8) is 0 Å². The first-order valence-corrected chi connectivity index (χ1v) is 11.8. The van der Waals surface area contributed by atoms with Gasteiger partial charge in [-0.05, 0) is 54.4 Å². The molecule has 7 nitrogen and oxygen atoms in total. The fourth-order valence-electron chi connectivity index (χ4n) is 5.27. The Morgan fingerprint density at radius 2 is 1.65 bits per heavy atom. The van der Waals surface area contributed by atoms with E-state index < -0.39 is 23.5 Å². The minimum absolute atomic E-state index is 0.0513. The number of nitrogens with one attached hydrogen (secondary N) is 2. The van der Waals surface area contributed by atoms with Gasteiger partial charge < -0.3 is 20.5 Å². The number of carbonyl (C=O) groups is 3. The third-order valence-corrected chi connectivity index (χ3v) is 7.32. The summed E-state index contributed by atoms with van der Waals surface area (Å²) in [4.78, 5) is 37.1. The zero-order valence-corrected chi connectivity index (χ0v) is 18.8. The third-order valence-electron chi connectivity index (χ3n) is 7.32. The molecule has 176 valence electrons. The van der Waals surface area contributed by atoms with Crippen molar-refractivity contribution in [1.29, 1.82) is 0 Å². The van der Waals surface area contributed by atoms with E-state index in [0.717, 1.165) is 28.7 Å². The zero-order valence-electron chi connectivity index (χ0n) is 18.8. The maximum absolute atomic E-state index is 13.1. The predicted octanol–water partition coefficient (Wildman–Crippen LogP) is 3.98. The van der Waals surface area contributed by atoms with Crippen molar-refractivity contribution in [1.82, 2.24) is 10.6 Å². The van der Waals surface area contributed by atoms with E-state index in [1.165, 1.54) is 0 Å². The summed E-state index contributed by atoms with van der Waals surface area (Å²) in [6.45, 7) is 0.184. The van der Waals surface area contributed by atoms with Gasteiger partial charge in [0.2, 0.25) is 5.91 Å². The maximum Gasteiger partial charge on any atom is 0.408 e. The molecule has 0 heterocycles. The van der Waals surface area contributed by atoms with Crippen LogP contribution >= 0.6 is 0 Å². The SMILES string of the molecule is O=C(NC1(C(=O)N[C@@H]2C=CC[C@@H](C(=O)O)C2)CCC1)OCC1c2ccccc2-c2ccccc21. The second-order valence-electron chi connectivity index (χ2n) is 9.40. The van der Waals surface area contributed by atoms with Crippen molar-refractivity contribution in [2.75, 3.05) is 6.61 Å². The molecule has 0 aromatic heterocycles. The van der Waals surface area contributed by atoms with Gasteiger partial charge in [0.1, 0.15) is 12.1 Å². The van der Waals surface area contributed by atoms with Gasteiger partial charge in [0, 0.05) is 12.0 Å². The molecule has 0 bridgehead atoms. The summed E-state index contributed by atoms with van der Waals surface area (Å²) in [5.41, 5.74) is 3.56. The van der Waals surface area contributed by atoms with Crippen LogP contribution in [0.3, 0.4) is 0 Å². The van der Waals surface area contributed by atoms with Gasteiger partial charge in [-0.15, -0.1) is 0 Å². The van der Waals surface area contributed by atoms with E-state index in [-0.39, 0.29) is 24.5 Å². The van der Waals surface area contributed by atoms with Crippen molar-refractivity contribution in [2.45, 2.75) is 49.6 Å². The predicted molar refractivity (Wildman–Crippen MR) is 126 cm³/mol. The monoisotopic (exact) mass is 460 g/mol. The first-order valence-electron chi connectivity index (χ1n) is 11.8. The van der Waals surface area contributed by atoms with Crippen molar-refractivity contribution >= 4 is 18.0 Å². The fourth-order valence-corrected chi connectivity index (χ4v) is 5.27. The largest absolute Gasteiger partial charge is 0.481 e. The van der Waals surface area contributed by atoms with E-state index in [9.17, 15) is 19.5 Å². The zero-order chi connectivity index (χ0) is 23.7. The number of benzene rings is 2. The van der Waals surface area contributed by atoms with Gasteiger partial charge in [0.25, 0.3) is 0 Å². The molecular formula is C27H28N2O5. The minimum atomic E-state index is -1.01. The van der Waals surface area contributed by atoms with Gasteiger partial charge in [-0.1, -0.05) is 60.7 Å². The van der Waals surface area contributed by atoms with E-state index in [1.54, 1.807) is 6.08 Å². The molecule has 0 radical (unpaired) electrons. The summed E-state index contributed by atoms with van der Waals surface area (Å²) in [5.74, 6) is -1.71. The molecule has 5 rings (SSSR count). The first kappa shape index (κ1) is 22.2. The quantitative estimate of drug-likeness (QED) is 0.566. The summed E-state index contributed by atoms with van der Waals surface area (Å²) >= 11 is 0. The highest BCUT2D eigenvalue weighted by Crippen LogP contribution is 2.44. The van der Waals surface area contributed by atoms with Crippen molar-refractivity contribution in [2.24, 2.45) is 5.92 Å². The molecule has 2 aromatic rings. The molecule has 0 aliphatic heterocycles. The van der Waals surface area contributed by atoms with Gasteiger partial charge in [-0.25, -0.2) is 4.79 Å². The van der Waals surface area contributed by atoms with Crippen LogP contribution in [0.15, 0.2) is 60.7 Å². The first-order chi connectivity index (χ1) is 16.5. The number of alkyl carbamates (subject to hydrolysis) is 1. The van der Waals surface area contributed by atoms with Gasteiger partial charge in [-0.2, -0.15) is 0 Å². The van der Waals surface area contributed by atoms with Crippen LogP contribution in [0.25, 0.3) is 11.1 Å². The van der Waals surface area contributed by atoms with Crippen LogP contribution < -0.4 is 10.6 Å². The van der Waals surface area contributed by atoms with E-state index in [0.29, 0.717) is 25.7 Å². The normalized spacial score (nSPS) is 22.1. The smallest absolute Gasteiger partial charge is 0.408 e. The molecule has 7 heteroatoms. The number of rotatable bonds is 6. The van der Waals surface area contributed by atoms with Gasteiger partial charge in [0.15, 0.2) is 0 Å². The van der Waals surface area contributed by atoms with Crippen molar-refractivity contribution < 1.29 is 24.2 Å². The molecule has 2 amide bonds. The Morgan fingerprint density at radius 3 is 2.24 bits per heavy atom. The lowest BCUT2D eigenvalue weighted by atomic mass is 9.75. The fraction of sp³-hybridized carbons (Fsp3) is 0.370.